The summed E-state index contributed by atoms with van der Waals surface area (Å²) in [5, 5.41) is 28.4. The maximum atomic E-state index is 12.1. The molecule has 1 amide bonds. The summed E-state index contributed by atoms with van der Waals surface area (Å²) in [6, 6.07) is 17.2. The summed E-state index contributed by atoms with van der Waals surface area (Å²) in [5.74, 6) is -0.197. The van der Waals surface area contributed by atoms with Gasteiger partial charge in [-0.25, -0.2) is 4.79 Å². The van der Waals surface area contributed by atoms with Gasteiger partial charge in [-0.3, -0.25) is 4.79 Å². The minimum Gasteiger partial charge on any atom is -0.476 e. The zero-order chi connectivity index (χ0) is 27.7. The van der Waals surface area contributed by atoms with Crippen molar-refractivity contribution in [2.24, 2.45) is 12.8 Å². The number of carboxylic acids is 1. The third-order valence-corrected chi connectivity index (χ3v) is 6.65. The van der Waals surface area contributed by atoms with Crippen LogP contribution in [0.2, 0.25) is 5.02 Å². The number of aromatic nitrogens is 6. The topological polar surface area (TPSA) is 167 Å². The van der Waals surface area contributed by atoms with Crippen LogP contribution in [0.4, 0.5) is 0 Å². The number of carbonyl (C=O) groups is 2. The number of carboxylic acid groups (broad SMARTS) is 1. The predicted molar refractivity (Wildman–Crippen MR) is 142 cm³/mol. The predicted octanol–water partition coefficient (Wildman–Crippen LogP) is 3.26. The third kappa shape index (κ3) is 5.38. The number of nitrogens with one attached hydrogen (secondary N) is 1. The van der Waals surface area contributed by atoms with Gasteiger partial charge in [0.1, 0.15) is 11.5 Å². The standard InChI is InChI=1S/C21H20ClN7O.C5H5NO3/c1-28-26-19(25-27-28)18-17(22)15-4-2-3-5-16(15)29(18)14-8-6-13(7-9-14)12-24-20(30)21(23)10-11-21;1-3-2-4(5(7)8)6-9-3/h2-9H,10-12,23H2,1H3,(H,24,30);2H,1H3,(H,7,8). The molecule has 3 heterocycles. The smallest absolute Gasteiger partial charge is 0.358 e. The molecule has 1 aliphatic carbocycles. The van der Waals surface area contributed by atoms with E-state index in [1.54, 1.807) is 14.0 Å². The Hall–Kier alpha value is -4.55. The van der Waals surface area contributed by atoms with Crippen LogP contribution in [0.3, 0.4) is 0 Å². The van der Waals surface area contributed by atoms with E-state index >= 15 is 0 Å². The number of amides is 1. The first kappa shape index (κ1) is 26.1. The highest BCUT2D eigenvalue weighted by atomic mass is 35.5. The molecule has 1 aliphatic rings. The fourth-order valence-corrected chi connectivity index (χ4v) is 4.32. The Morgan fingerprint density at radius 2 is 1.90 bits per heavy atom. The number of hydrogen-bond donors (Lipinski definition) is 3. The second kappa shape index (κ2) is 10.3. The van der Waals surface area contributed by atoms with Crippen molar-refractivity contribution in [3.63, 3.8) is 0 Å². The third-order valence-electron chi connectivity index (χ3n) is 6.27. The van der Waals surface area contributed by atoms with Crippen molar-refractivity contribution in [2.45, 2.75) is 31.8 Å². The van der Waals surface area contributed by atoms with Crippen molar-refractivity contribution >= 4 is 34.4 Å². The van der Waals surface area contributed by atoms with Gasteiger partial charge in [0.15, 0.2) is 5.69 Å². The minimum absolute atomic E-state index is 0.0486. The number of hydrogen-bond acceptors (Lipinski definition) is 8. The number of halogens is 1. The molecule has 0 saturated heterocycles. The van der Waals surface area contributed by atoms with Gasteiger partial charge in [0.05, 0.1) is 23.1 Å². The van der Waals surface area contributed by atoms with Crippen LogP contribution in [0.25, 0.3) is 28.1 Å². The van der Waals surface area contributed by atoms with E-state index < -0.39 is 11.5 Å². The molecule has 0 aliphatic heterocycles. The fourth-order valence-electron chi connectivity index (χ4n) is 4.00. The number of tetrazole rings is 1. The zero-order valence-corrected chi connectivity index (χ0v) is 21.9. The SMILES string of the molecule is Cc1cc(C(=O)O)no1.Cn1nnc(-c2c(Cl)c3ccccc3n2-c2ccc(CNC(=O)C3(N)CC3)cc2)n1. The summed E-state index contributed by atoms with van der Waals surface area (Å²) in [7, 11) is 1.72. The van der Waals surface area contributed by atoms with E-state index in [4.69, 9.17) is 22.4 Å². The molecule has 0 bridgehead atoms. The van der Waals surface area contributed by atoms with E-state index in [0.29, 0.717) is 28.8 Å². The Balaban J connectivity index is 0.000000292. The number of rotatable bonds is 6. The average molecular weight is 549 g/mol. The van der Waals surface area contributed by atoms with Gasteiger partial charge in [-0.05, 0) is 48.7 Å². The Labute approximate surface area is 227 Å². The van der Waals surface area contributed by atoms with E-state index in [1.165, 1.54) is 10.9 Å². The number of nitrogens with two attached hydrogens (primary N) is 1. The fraction of sp³-hybridized carbons (Fsp3) is 0.231. The molecule has 6 rings (SSSR count). The van der Waals surface area contributed by atoms with Gasteiger partial charge in [0.2, 0.25) is 11.7 Å². The number of nitrogens with zero attached hydrogens (tertiary/aromatic N) is 6. The highest BCUT2D eigenvalue weighted by Gasteiger charge is 2.45. The Morgan fingerprint density at radius 3 is 2.46 bits per heavy atom. The molecular weight excluding hydrogens is 524 g/mol. The van der Waals surface area contributed by atoms with Crippen molar-refractivity contribution in [2.75, 3.05) is 0 Å². The van der Waals surface area contributed by atoms with E-state index in [0.717, 1.165) is 35.0 Å². The Morgan fingerprint density at radius 1 is 1.18 bits per heavy atom. The van der Waals surface area contributed by atoms with Crippen LogP contribution in [0.15, 0.2) is 59.1 Å². The summed E-state index contributed by atoms with van der Waals surface area (Å²) in [6.45, 7) is 2.07. The molecule has 3 aromatic heterocycles. The summed E-state index contributed by atoms with van der Waals surface area (Å²) >= 11 is 6.72. The molecular formula is C26H25ClN8O4. The molecule has 13 heteroatoms. The molecule has 200 valence electrons. The summed E-state index contributed by atoms with van der Waals surface area (Å²) in [5.41, 5.74) is 8.75. The van der Waals surface area contributed by atoms with Gasteiger partial charge in [-0.15, -0.1) is 10.2 Å². The Bertz CT molecular complexity index is 1670. The lowest BCUT2D eigenvalue weighted by atomic mass is 10.2. The normalized spacial score (nSPS) is 13.5. The van der Waals surface area contributed by atoms with Gasteiger partial charge in [-0.1, -0.05) is 47.1 Å². The van der Waals surface area contributed by atoms with E-state index in [9.17, 15) is 9.59 Å². The first-order valence-electron chi connectivity index (χ1n) is 12.0. The molecule has 5 aromatic rings. The van der Waals surface area contributed by atoms with Gasteiger partial charge < -0.3 is 25.2 Å². The molecule has 12 nitrogen and oxygen atoms in total. The van der Waals surface area contributed by atoms with Crippen molar-refractivity contribution < 1.29 is 19.2 Å². The number of aryl methyl sites for hydroxylation is 2. The molecule has 0 radical (unpaired) electrons. The molecule has 39 heavy (non-hydrogen) atoms. The van der Waals surface area contributed by atoms with Gasteiger partial charge in [0.25, 0.3) is 0 Å². The highest BCUT2D eigenvalue weighted by Crippen LogP contribution is 2.38. The number of fused-ring (bicyclic) bond motifs is 1. The van der Waals surface area contributed by atoms with Crippen LogP contribution in [0.1, 0.15) is 34.7 Å². The maximum Gasteiger partial charge on any atom is 0.358 e. The molecule has 0 spiro atoms. The summed E-state index contributed by atoms with van der Waals surface area (Å²) < 4.78 is 6.52. The van der Waals surface area contributed by atoms with Crippen LogP contribution < -0.4 is 11.1 Å². The van der Waals surface area contributed by atoms with Crippen LogP contribution in [0, 0.1) is 6.92 Å². The van der Waals surface area contributed by atoms with Gasteiger partial charge in [0, 0.05) is 23.7 Å². The number of aromatic carboxylic acids is 1. The lowest BCUT2D eigenvalue weighted by Gasteiger charge is -2.12. The monoisotopic (exact) mass is 548 g/mol. The molecule has 1 fully saturated rings. The van der Waals surface area contributed by atoms with Crippen LogP contribution in [0.5, 0.6) is 0 Å². The first-order valence-corrected chi connectivity index (χ1v) is 12.4. The Kier molecular flexibility index (Phi) is 6.89. The lowest BCUT2D eigenvalue weighted by molar-refractivity contribution is -0.123. The van der Waals surface area contributed by atoms with E-state index in [2.05, 4.69) is 30.4 Å². The van der Waals surface area contributed by atoms with E-state index in [-0.39, 0.29) is 11.6 Å². The summed E-state index contributed by atoms with van der Waals surface area (Å²) in [6.07, 6.45) is 1.50. The maximum absolute atomic E-state index is 12.1. The minimum atomic E-state index is -1.06. The van der Waals surface area contributed by atoms with Crippen molar-refractivity contribution in [1.82, 2.24) is 35.2 Å². The number of carbonyl (C=O) groups excluding carboxylic acids is 1. The van der Waals surface area contributed by atoms with Crippen LogP contribution in [-0.4, -0.2) is 52.5 Å². The molecule has 1 saturated carbocycles. The number of benzene rings is 2. The molecule has 0 unspecified atom stereocenters. The first-order chi connectivity index (χ1) is 18.7. The van der Waals surface area contributed by atoms with E-state index in [1.807, 2.05) is 53.1 Å². The van der Waals surface area contributed by atoms with Gasteiger partial charge in [-0.2, -0.15) is 4.80 Å². The quantitative estimate of drug-likeness (QED) is 0.288. The zero-order valence-electron chi connectivity index (χ0n) is 21.1. The van der Waals surface area contributed by atoms with Gasteiger partial charge >= 0.3 is 5.97 Å². The average Bonchev–Trinajstić information content (AvgIpc) is 3.22. The molecule has 4 N–H and O–H groups in total. The molecule has 0 atom stereocenters. The van der Waals surface area contributed by atoms with Crippen LogP contribution in [-0.2, 0) is 18.4 Å². The second-order valence-corrected chi connectivity index (χ2v) is 9.63. The van der Waals surface area contributed by atoms with Crippen LogP contribution >= 0.6 is 11.6 Å². The van der Waals surface area contributed by atoms with Crippen molar-refractivity contribution in [3.05, 3.63) is 76.6 Å². The second-order valence-electron chi connectivity index (χ2n) is 9.25. The highest BCUT2D eigenvalue weighted by molar-refractivity contribution is 6.38. The number of para-hydroxylation sites is 1. The largest absolute Gasteiger partial charge is 0.476 e. The van der Waals surface area contributed by atoms with Crippen molar-refractivity contribution in [1.29, 1.82) is 0 Å². The summed E-state index contributed by atoms with van der Waals surface area (Å²) in [4.78, 5) is 23.6. The van der Waals surface area contributed by atoms with Crippen molar-refractivity contribution in [3.8, 4) is 17.2 Å². The lowest BCUT2D eigenvalue weighted by Crippen LogP contribution is -2.42. The molecule has 2 aromatic carbocycles.